The SMILES string of the molecule is O=S(=O)([O-])O.O=S(=O)([O-])[O-].[Ca+2].[K+]. The second-order valence-corrected chi connectivity index (χ2v) is 2.51. The van der Waals surface area contributed by atoms with E-state index in [9.17, 15) is 0 Å². The quantitative estimate of drug-likeness (QED) is 0.259. The summed E-state index contributed by atoms with van der Waals surface area (Å²) in [5, 5.41) is 0. The maximum atomic E-state index is 8.63. The molecular formula is HCaKO8S2. The summed E-state index contributed by atoms with van der Waals surface area (Å²) in [6.45, 7) is 0. The van der Waals surface area contributed by atoms with E-state index < -0.39 is 20.8 Å². The van der Waals surface area contributed by atoms with Crippen molar-refractivity contribution in [3.05, 3.63) is 0 Å². The predicted molar refractivity (Wildman–Crippen MR) is 28.6 cm³/mol. The van der Waals surface area contributed by atoms with Crippen LogP contribution in [0, 0.1) is 0 Å². The Balaban J connectivity index is -0.0000000457. The van der Waals surface area contributed by atoms with E-state index in [2.05, 4.69) is 0 Å². The van der Waals surface area contributed by atoms with Gasteiger partial charge in [-0.25, -0.2) is 8.42 Å². The first-order chi connectivity index (χ1) is 4.00. The van der Waals surface area contributed by atoms with Gasteiger partial charge in [-0.2, -0.15) is 0 Å². The van der Waals surface area contributed by atoms with Gasteiger partial charge in [-0.1, -0.05) is 0 Å². The maximum absolute atomic E-state index is 8.63. The van der Waals surface area contributed by atoms with Gasteiger partial charge >= 0.3 is 89.1 Å². The van der Waals surface area contributed by atoms with Crippen LogP contribution in [-0.4, -0.2) is 72.8 Å². The Labute approximate surface area is 142 Å². The Morgan fingerprint density at radius 1 is 0.917 bits per heavy atom. The minimum absolute atomic E-state index is 0. The zero-order valence-electron chi connectivity index (χ0n) is 5.83. The largest absolute Gasteiger partial charge is 2.00 e. The van der Waals surface area contributed by atoms with Gasteiger partial charge in [-0.05, 0) is 0 Å². The normalized spacial score (nSPS) is 9.67. The first-order valence-corrected chi connectivity index (χ1v) is 4.05. The van der Waals surface area contributed by atoms with Gasteiger partial charge < -0.3 is 13.7 Å². The van der Waals surface area contributed by atoms with Crippen LogP contribution in [0.4, 0.5) is 0 Å². The second kappa shape index (κ2) is 10.2. The average molecular weight is 272 g/mol. The molecule has 1 N–H and O–H groups in total. The van der Waals surface area contributed by atoms with E-state index in [4.69, 9.17) is 35.0 Å². The minimum atomic E-state index is -5.17. The van der Waals surface area contributed by atoms with Crippen LogP contribution in [0.25, 0.3) is 0 Å². The van der Waals surface area contributed by atoms with Crippen molar-refractivity contribution in [3.8, 4) is 0 Å². The third kappa shape index (κ3) is 246. The van der Waals surface area contributed by atoms with Crippen molar-refractivity contribution in [1.82, 2.24) is 0 Å². The van der Waals surface area contributed by atoms with Crippen molar-refractivity contribution in [2.75, 3.05) is 0 Å². The van der Waals surface area contributed by atoms with Crippen molar-refractivity contribution in [2.45, 2.75) is 0 Å². The molecule has 12 heteroatoms. The monoisotopic (exact) mass is 272 g/mol. The molecule has 0 radical (unpaired) electrons. The van der Waals surface area contributed by atoms with Crippen LogP contribution in [0.1, 0.15) is 0 Å². The summed E-state index contributed by atoms with van der Waals surface area (Å²) < 4.78 is 66.9. The molecule has 8 nitrogen and oxygen atoms in total. The molecule has 0 saturated carbocycles. The molecule has 0 aliphatic heterocycles. The van der Waals surface area contributed by atoms with Gasteiger partial charge in [0, 0.05) is 10.4 Å². The van der Waals surface area contributed by atoms with E-state index in [1.807, 2.05) is 0 Å². The first-order valence-electron chi connectivity index (χ1n) is 1.35. The summed E-state index contributed by atoms with van der Waals surface area (Å²) in [4.78, 5) is 0. The van der Waals surface area contributed by atoms with E-state index in [-0.39, 0.29) is 89.1 Å². The third-order valence-corrected chi connectivity index (χ3v) is 0. The standard InChI is InChI=1S/Ca.K.2H2O4S/c;;2*1-5(2,3)4/h;;2*(H2,1,2,3,4)/q+2;+1;;/p-3. The fourth-order valence-corrected chi connectivity index (χ4v) is 0. The Hall–Kier alpha value is 2.64. The molecule has 0 saturated heterocycles. The maximum Gasteiger partial charge on any atom is 2.00 e. The summed E-state index contributed by atoms with van der Waals surface area (Å²) in [6.07, 6.45) is 0. The van der Waals surface area contributed by atoms with Crippen LogP contribution in [0.5, 0.6) is 0 Å². The molecule has 0 aromatic heterocycles. The zero-order chi connectivity index (χ0) is 9.00. The van der Waals surface area contributed by atoms with Crippen molar-refractivity contribution < 1.29 is 86.4 Å². The van der Waals surface area contributed by atoms with E-state index in [1.165, 1.54) is 0 Å². The van der Waals surface area contributed by atoms with Crippen LogP contribution >= 0.6 is 0 Å². The summed E-state index contributed by atoms with van der Waals surface area (Å²) in [5.74, 6) is 0. The Morgan fingerprint density at radius 2 is 0.917 bits per heavy atom. The number of rotatable bonds is 0. The minimum Gasteiger partial charge on any atom is -0.759 e. The molecule has 0 aromatic rings. The summed E-state index contributed by atoms with van der Waals surface area (Å²) in [6, 6.07) is 0. The Kier molecular flexibility index (Phi) is 20.4. The Morgan fingerprint density at radius 3 is 0.917 bits per heavy atom. The zero-order valence-corrected chi connectivity index (χ0v) is 12.8. The van der Waals surface area contributed by atoms with Gasteiger partial charge in [0.2, 0.25) is 10.4 Å². The molecule has 0 spiro atoms. The molecule has 0 aliphatic carbocycles. The van der Waals surface area contributed by atoms with Crippen molar-refractivity contribution >= 4 is 58.5 Å². The van der Waals surface area contributed by atoms with Crippen molar-refractivity contribution in [3.63, 3.8) is 0 Å². The van der Waals surface area contributed by atoms with Crippen LogP contribution in [0.3, 0.4) is 0 Å². The fourth-order valence-electron chi connectivity index (χ4n) is 0. The van der Waals surface area contributed by atoms with E-state index in [0.29, 0.717) is 0 Å². The van der Waals surface area contributed by atoms with Gasteiger partial charge in [-0.15, -0.1) is 0 Å². The van der Waals surface area contributed by atoms with Crippen LogP contribution in [0.15, 0.2) is 0 Å². The van der Waals surface area contributed by atoms with Crippen LogP contribution < -0.4 is 51.4 Å². The molecule has 0 atom stereocenters. The molecule has 0 amide bonds. The molecule has 0 aliphatic rings. The van der Waals surface area contributed by atoms with Crippen molar-refractivity contribution in [2.24, 2.45) is 0 Å². The third-order valence-electron chi connectivity index (χ3n) is 0. The molecular weight excluding hydrogens is 271 g/mol. The van der Waals surface area contributed by atoms with Gasteiger partial charge in [0.05, 0.1) is 0 Å². The van der Waals surface area contributed by atoms with Gasteiger partial charge in [0.15, 0.2) is 0 Å². The Bertz CT molecular complexity index is 213. The molecule has 0 fully saturated rings. The average Bonchev–Trinajstić information content (AvgIpc) is 1.12. The van der Waals surface area contributed by atoms with Gasteiger partial charge in [-0.3, -0.25) is 13.0 Å². The second-order valence-electron chi connectivity index (χ2n) is 0.836. The topological polar surface area (TPSA) is 158 Å². The molecule has 64 valence electrons. The van der Waals surface area contributed by atoms with E-state index >= 15 is 0 Å². The van der Waals surface area contributed by atoms with Crippen LogP contribution in [-0.2, 0) is 20.8 Å². The van der Waals surface area contributed by atoms with E-state index in [0.717, 1.165) is 0 Å². The molecule has 0 heterocycles. The predicted octanol–water partition coefficient (Wildman–Crippen LogP) is -5.71. The summed E-state index contributed by atoms with van der Waals surface area (Å²) in [5.41, 5.74) is 0. The van der Waals surface area contributed by atoms with E-state index in [1.54, 1.807) is 0 Å². The van der Waals surface area contributed by atoms with Gasteiger partial charge in [0.25, 0.3) is 0 Å². The van der Waals surface area contributed by atoms with Gasteiger partial charge in [0.1, 0.15) is 0 Å². The molecule has 0 unspecified atom stereocenters. The number of hydrogen-bond acceptors (Lipinski definition) is 7. The molecule has 0 aromatic carbocycles. The molecule has 0 bridgehead atoms. The smallest absolute Gasteiger partial charge is 0.759 e. The number of hydrogen-bond donors (Lipinski definition) is 1. The summed E-state index contributed by atoms with van der Waals surface area (Å²) >= 11 is 0. The first kappa shape index (κ1) is 24.1. The van der Waals surface area contributed by atoms with Crippen LogP contribution in [0.2, 0.25) is 0 Å². The fraction of sp³-hybridized carbons (Fsp3) is 0. The molecule has 0 rings (SSSR count). The molecule has 12 heavy (non-hydrogen) atoms. The summed E-state index contributed by atoms with van der Waals surface area (Å²) in [7, 11) is -10.1. The van der Waals surface area contributed by atoms with Crippen molar-refractivity contribution in [1.29, 1.82) is 0 Å².